The Morgan fingerprint density at radius 3 is 2.93 bits per heavy atom. The predicted octanol–water partition coefficient (Wildman–Crippen LogP) is 3.93. The van der Waals surface area contributed by atoms with Gasteiger partial charge in [-0.1, -0.05) is 17.7 Å². The van der Waals surface area contributed by atoms with Crippen molar-refractivity contribution in [2.75, 3.05) is 13.1 Å². The molecule has 0 bridgehead atoms. The van der Waals surface area contributed by atoms with Gasteiger partial charge in [0.2, 0.25) is 0 Å². The second kappa shape index (κ2) is 8.56. The first-order chi connectivity index (χ1) is 13.2. The van der Waals surface area contributed by atoms with Gasteiger partial charge in [0, 0.05) is 41.5 Å². The molecule has 28 heavy (non-hydrogen) atoms. The monoisotopic (exact) mass is 415 g/mol. The van der Waals surface area contributed by atoms with Gasteiger partial charge in [-0.2, -0.15) is 0 Å². The molecule has 1 aromatic carbocycles. The van der Waals surface area contributed by atoms with E-state index in [4.69, 9.17) is 17.3 Å². The maximum atomic E-state index is 12.3. The minimum absolute atomic E-state index is 0. The molecule has 0 unspecified atom stereocenters. The standard InChI is InChI=1S/C20H18ClN5O.ClH/c21-17-9-13(7-12-3-1-5-23-18(12)17)16-11-26-19-15(16)8-14(10-25-19)20(27)24-6-2-4-22;/h1,3,5,7-11H,2,4,6,22H2,(H,24,27)(H,25,26);1H. The molecule has 0 spiro atoms. The van der Waals surface area contributed by atoms with Crippen molar-refractivity contribution < 1.29 is 4.79 Å². The molecule has 4 rings (SSSR count). The molecular weight excluding hydrogens is 397 g/mol. The van der Waals surface area contributed by atoms with Crippen LogP contribution in [0.2, 0.25) is 5.02 Å². The van der Waals surface area contributed by atoms with E-state index >= 15 is 0 Å². The molecule has 0 aliphatic heterocycles. The summed E-state index contributed by atoms with van der Waals surface area (Å²) < 4.78 is 0. The fourth-order valence-electron chi connectivity index (χ4n) is 3.08. The Bertz CT molecular complexity index is 1140. The summed E-state index contributed by atoms with van der Waals surface area (Å²) in [5.41, 5.74) is 9.32. The number of nitrogens with one attached hydrogen (secondary N) is 2. The number of fused-ring (bicyclic) bond motifs is 2. The Labute approximate surface area is 172 Å². The number of pyridine rings is 2. The fourth-order valence-corrected chi connectivity index (χ4v) is 3.35. The smallest absolute Gasteiger partial charge is 0.252 e. The average Bonchev–Trinajstić information content (AvgIpc) is 3.11. The van der Waals surface area contributed by atoms with Gasteiger partial charge in [0.05, 0.1) is 16.1 Å². The number of amides is 1. The largest absolute Gasteiger partial charge is 0.352 e. The summed E-state index contributed by atoms with van der Waals surface area (Å²) in [4.78, 5) is 24.2. The van der Waals surface area contributed by atoms with Crippen molar-refractivity contribution in [3.63, 3.8) is 0 Å². The Balaban J connectivity index is 0.00000225. The lowest BCUT2D eigenvalue weighted by atomic mass is 10.0. The molecule has 0 fully saturated rings. The van der Waals surface area contributed by atoms with E-state index in [-0.39, 0.29) is 18.3 Å². The lowest BCUT2D eigenvalue weighted by molar-refractivity contribution is 0.0953. The van der Waals surface area contributed by atoms with E-state index in [0.29, 0.717) is 29.3 Å². The van der Waals surface area contributed by atoms with Gasteiger partial charge in [-0.25, -0.2) is 4.98 Å². The number of aromatic nitrogens is 3. The number of hydrogen-bond acceptors (Lipinski definition) is 4. The molecule has 144 valence electrons. The van der Waals surface area contributed by atoms with Crippen LogP contribution >= 0.6 is 24.0 Å². The second-order valence-electron chi connectivity index (χ2n) is 6.25. The van der Waals surface area contributed by atoms with Crippen LogP contribution in [-0.2, 0) is 0 Å². The lowest BCUT2D eigenvalue weighted by Crippen LogP contribution is -2.26. The third kappa shape index (κ3) is 3.80. The summed E-state index contributed by atoms with van der Waals surface area (Å²) in [5, 5.41) is 5.25. The van der Waals surface area contributed by atoms with Gasteiger partial charge in [-0.05, 0) is 42.8 Å². The molecule has 4 N–H and O–H groups in total. The zero-order chi connectivity index (χ0) is 18.8. The minimum Gasteiger partial charge on any atom is -0.352 e. The van der Waals surface area contributed by atoms with Crippen LogP contribution in [0.5, 0.6) is 0 Å². The van der Waals surface area contributed by atoms with Crippen molar-refractivity contribution in [3.8, 4) is 11.1 Å². The Morgan fingerprint density at radius 1 is 1.25 bits per heavy atom. The summed E-state index contributed by atoms with van der Waals surface area (Å²) in [6.07, 6.45) is 5.90. The van der Waals surface area contributed by atoms with Crippen molar-refractivity contribution in [1.29, 1.82) is 0 Å². The van der Waals surface area contributed by atoms with Crippen molar-refractivity contribution in [3.05, 3.63) is 59.5 Å². The van der Waals surface area contributed by atoms with Gasteiger partial charge in [0.15, 0.2) is 0 Å². The first-order valence-corrected chi connectivity index (χ1v) is 9.05. The molecule has 3 aromatic heterocycles. The summed E-state index contributed by atoms with van der Waals surface area (Å²) in [6.45, 7) is 1.08. The highest BCUT2D eigenvalue weighted by atomic mass is 35.5. The van der Waals surface area contributed by atoms with E-state index < -0.39 is 0 Å². The van der Waals surface area contributed by atoms with Crippen LogP contribution < -0.4 is 11.1 Å². The van der Waals surface area contributed by atoms with E-state index in [1.807, 2.05) is 36.5 Å². The van der Waals surface area contributed by atoms with Crippen LogP contribution in [0, 0.1) is 0 Å². The maximum Gasteiger partial charge on any atom is 0.252 e. The molecule has 0 saturated heterocycles. The Morgan fingerprint density at radius 2 is 2.11 bits per heavy atom. The van der Waals surface area contributed by atoms with Crippen molar-refractivity contribution in [1.82, 2.24) is 20.3 Å². The van der Waals surface area contributed by atoms with E-state index in [1.165, 1.54) is 0 Å². The highest BCUT2D eigenvalue weighted by molar-refractivity contribution is 6.35. The Hall–Kier alpha value is -2.67. The van der Waals surface area contributed by atoms with Crippen LogP contribution in [0.25, 0.3) is 33.1 Å². The molecule has 0 atom stereocenters. The first-order valence-electron chi connectivity index (χ1n) is 8.67. The zero-order valence-corrected chi connectivity index (χ0v) is 16.5. The van der Waals surface area contributed by atoms with Crippen LogP contribution in [0.3, 0.4) is 0 Å². The van der Waals surface area contributed by atoms with E-state index in [0.717, 1.165) is 33.8 Å². The highest BCUT2D eigenvalue weighted by Crippen LogP contribution is 2.33. The summed E-state index contributed by atoms with van der Waals surface area (Å²) in [7, 11) is 0. The second-order valence-corrected chi connectivity index (χ2v) is 6.66. The minimum atomic E-state index is -0.161. The van der Waals surface area contributed by atoms with Crippen LogP contribution in [-0.4, -0.2) is 33.9 Å². The highest BCUT2D eigenvalue weighted by Gasteiger charge is 2.13. The molecule has 0 aliphatic rings. The molecule has 0 radical (unpaired) electrons. The molecule has 0 saturated carbocycles. The molecule has 4 aromatic rings. The van der Waals surface area contributed by atoms with Gasteiger partial charge in [0.1, 0.15) is 5.65 Å². The van der Waals surface area contributed by atoms with Gasteiger partial charge in [-0.3, -0.25) is 9.78 Å². The average molecular weight is 416 g/mol. The number of halogens is 2. The van der Waals surface area contributed by atoms with Gasteiger partial charge in [-0.15, -0.1) is 12.4 Å². The lowest BCUT2D eigenvalue weighted by Gasteiger charge is -2.06. The number of nitrogens with zero attached hydrogens (tertiary/aromatic N) is 2. The summed E-state index contributed by atoms with van der Waals surface area (Å²) in [5.74, 6) is -0.161. The van der Waals surface area contributed by atoms with E-state index in [9.17, 15) is 4.79 Å². The third-order valence-corrected chi connectivity index (χ3v) is 4.72. The van der Waals surface area contributed by atoms with E-state index in [1.54, 1.807) is 12.4 Å². The third-order valence-electron chi connectivity index (χ3n) is 4.43. The Kier molecular flexibility index (Phi) is 6.14. The van der Waals surface area contributed by atoms with Crippen LogP contribution in [0.4, 0.5) is 0 Å². The number of aromatic amines is 1. The topological polar surface area (TPSA) is 96.7 Å². The molecule has 1 amide bonds. The van der Waals surface area contributed by atoms with E-state index in [2.05, 4.69) is 20.3 Å². The zero-order valence-electron chi connectivity index (χ0n) is 14.9. The quantitative estimate of drug-likeness (QED) is 0.430. The maximum absolute atomic E-state index is 12.3. The molecule has 0 aliphatic carbocycles. The SMILES string of the molecule is Cl.NCCCNC(=O)c1cnc2[nH]cc(-c3cc(Cl)c4ncccc4c3)c2c1. The number of H-pyrrole nitrogens is 1. The number of nitrogens with two attached hydrogens (primary N) is 1. The number of carbonyl (C=O) groups is 1. The fraction of sp³-hybridized carbons (Fsp3) is 0.150. The van der Waals surface area contributed by atoms with Crippen molar-refractivity contribution in [2.45, 2.75) is 6.42 Å². The van der Waals surface area contributed by atoms with Gasteiger partial charge < -0.3 is 16.0 Å². The van der Waals surface area contributed by atoms with Crippen LogP contribution in [0.1, 0.15) is 16.8 Å². The molecular formula is C20H19Cl2N5O. The molecule has 6 nitrogen and oxygen atoms in total. The van der Waals surface area contributed by atoms with Gasteiger partial charge in [0.25, 0.3) is 5.91 Å². The van der Waals surface area contributed by atoms with Gasteiger partial charge >= 0.3 is 0 Å². The number of hydrogen-bond donors (Lipinski definition) is 3. The number of rotatable bonds is 5. The summed E-state index contributed by atoms with van der Waals surface area (Å²) in [6, 6.07) is 9.61. The number of benzene rings is 1. The normalized spacial score (nSPS) is 10.8. The number of carbonyl (C=O) groups excluding carboxylic acids is 1. The molecule has 3 heterocycles. The molecule has 8 heteroatoms. The first kappa shape index (κ1) is 20.1. The predicted molar refractivity (Wildman–Crippen MR) is 115 cm³/mol. The van der Waals surface area contributed by atoms with Crippen molar-refractivity contribution >= 4 is 51.9 Å². The van der Waals surface area contributed by atoms with Crippen molar-refractivity contribution in [2.24, 2.45) is 5.73 Å². The van der Waals surface area contributed by atoms with Crippen LogP contribution in [0.15, 0.2) is 48.9 Å². The summed E-state index contributed by atoms with van der Waals surface area (Å²) >= 11 is 6.42.